The third kappa shape index (κ3) is 7.15. The Morgan fingerprint density at radius 1 is 1.08 bits per heavy atom. The van der Waals surface area contributed by atoms with Gasteiger partial charge >= 0.3 is 6.09 Å². The molecule has 0 atom stereocenters. The summed E-state index contributed by atoms with van der Waals surface area (Å²) in [5, 5.41) is 2.59. The van der Waals surface area contributed by atoms with Crippen LogP contribution in [0, 0.1) is 5.92 Å². The zero-order valence-corrected chi connectivity index (χ0v) is 15.4. The Hall–Kier alpha value is -2.05. The molecule has 2 fully saturated rings. The first-order valence-corrected chi connectivity index (χ1v) is 8.96. The molecular formula is C18H29N3O4. The molecule has 0 bridgehead atoms. The van der Waals surface area contributed by atoms with E-state index >= 15 is 0 Å². The minimum absolute atomic E-state index is 0.0170. The van der Waals surface area contributed by atoms with Crippen molar-refractivity contribution in [3.05, 3.63) is 12.2 Å². The molecule has 0 aromatic rings. The van der Waals surface area contributed by atoms with Crippen molar-refractivity contribution in [1.29, 1.82) is 0 Å². The number of hydrogen-bond donors (Lipinski definition) is 1. The molecule has 1 saturated heterocycles. The number of amides is 3. The monoisotopic (exact) mass is 351 g/mol. The number of piperazine rings is 1. The molecule has 0 spiro atoms. The van der Waals surface area contributed by atoms with E-state index in [-0.39, 0.29) is 24.8 Å². The number of allylic oxidation sites excluding steroid dienone is 1. The van der Waals surface area contributed by atoms with Crippen molar-refractivity contribution in [2.45, 2.75) is 45.6 Å². The second kappa shape index (κ2) is 8.36. The van der Waals surface area contributed by atoms with Crippen molar-refractivity contribution < 1.29 is 19.1 Å². The smallest absolute Gasteiger partial charge is 0.407 e. The van der Waals surface area contributed by atoms with Crippen LogP contribution in [-0.4, -0.2) is 66.0 Å². The van der Waals surface area contributed by atoms with Crippen molar-refractivity contribution in [3.8, 4) is 0 Å². The number of nitrogens with one attached hydrogen (secondary N) is 1. The average Bonchev–Trinajstić information content (AvgIpc) is 3.35. The van der Waals surface area contributed by atoms with Crippen LogP contribution in [0.5, 0.6) is 0 Å². The highest BCUT2D eigenvalue weighted by atomic mass is 16.6. The number of nitrogens with zero attached hydrogens (tertiary/aromatic N) is 2. The summed E-state index contributed by atoms with van der Waals surface area (Å²) in [6, 6.07) is 0. The Bertz CT molecular complexity index is 527. The fraction of sp³-hybridized carbons (Fsp3) is 0.722. The summed E-state index contributed by atoms with van der Waals surface area (Å²) in [7, 11) is 0. The van der Waals surface area contributed by atoms with Gasteiger partial charge in [0.15, 0.2) is 0 Å². The van der Waals surface area contributed by atoms with E-state index in [0.29, 0.717) is 32.1 Å². The van der Waals surface area contributed by atoms with Gasteiger partial charge in [0.05, 0.1) is 0 Å². The van der Waals surface area contributed by atoms with Gasteiger partial charge in [0, 0.05) is 39.1 Å². The molecule has 2 aliphatic rings. The average molecular weight is 351 g/mol. The number of hydrogen-bond acceptors (Lipinski definition) is 4. The van der Waals surface area contributed by atoms with Crippen LogP contribution >= 0.6 is 0 Å². The summed E-state index contributed by atoms with van der Waals surface area (Å²) in [6.45, 7) is 7.80. The Kier molecular flexibility index (Phi) is 6.45. The van der Waals surface area contributed by atoms with Gasteiger partial charge in [-0.25, -0.2) is 4.79 Å². The van der Waals surface area contributed by atoms with E-state index in [0.717, 1.165) is 0 Å². The lowest BCUT2D eigenvalue weighted by Gasteiger charge is -2.34. The highest BCUT2D eigenvalue weighted by Gasteiger charge is 2.24. The van der Waals surface area contributed by atoms with E-state index in [4.69, 9.17) is 4.74 Å². The normalized spacial score (nSPS) is 18.4. The van der Waals surface area contributed by atoms with Crippen LogP contribution < -0.4 is 5.32 Å². The first-order valence-electron chi connectivity index (χ1n) is 8.96. The van der Waals surface area contributed by atoms with Gasteiger partial charge in [0.2, 0.25) is 11.8 Å². The first-order chi connectivity index (χ1) is 11.7. The van der Waals surface area contributed by atoms with E-state index in [1.165, 1.54) is 12.8 Å². The second-order valence-electron chi connectivity index (χ2n) is 7.58. The van der Waals surface area contributed by atoms with Gasteiger partial charge in [-0.3, -0.25) is 9.59 Å². The van der Waals surface area contributed by atoms with E-state index in [1.807, 2.05) is 6.08 Å². The number of rotatable bonds is 5. The number of alkyl carbamates (subject to hydrolysis) is 1. The van der Waals surface area contributed by atoms with Crippen molar-refractivity contribution >= 4 is 17.9 Å². The van der Waals surface area contributed by atoms with Gasteiger partial charge in [0.25, 0.3) is 0 Å². The quantitative estimate of drug-likeness (QED) is 0.762. The van der Waals surface area contributed by atoms with E-state index < -0.39 is 11.7 Å². The Morgan fingerprint density at radius 3 is 2.24 bits per heavy atom. The van der Waals surface area contributed by atoms with Crippen molar-refractivity contribution in [2.24, 2.45) is 5.92 Å². The molecule has 7 nitrogen and oxygen atoms in total. The number of ether oxygens (including phenoxy) is 1. The van der Waals surface area contributed by atoms with Crippen LogP contribution in [-0.2, 0) is 14.3 Å². The van der Waals surface area contributed by atoms with Gasteiger partial charge < -0.3 is 19.9 Å². The molecule has 0 unspecified atom stereocenters. The minimum Gasteiger partial charge on any atom is -0.444 e. The second-order valence-corrected chi connectivity index (χ2v) is 7.58. The lowest BCUT2D eigenvalue weighted by molar-refractivity contribution is -0.137. The molecule has 1 aliphatic heterocycles. The third-order valence-corrected chi connectivity index (χ3v) is 4.08. The summed E-state index contributed by atoms with van der Waals surface area (Å²) in [5.74, 6) is 0.603. The predicted molar refractivity (Wildman–Crippen MR) is 93.9 cm³/mol. The van der Waals surface area contributed by atoms with Crippen molar-refractivity contribution in [1.82, 2.24) is 15.1 Å². The first kappa shape index (κ1) is 19.3. The van der Waals surface area contributed by atoms with E-state index in [2.05, 4.69) is 5.32 Å². The zero-order chi connectivity index (χ0) is 18.4. The minimum atomic E-state index is -0.551. The fourth-order valence-electron chi connectivity index (χ4n) is 2.53. The number of carbonyl (C=O) groups is 3. The molecule has 0 aromatic heterocycles. The van der Waals surface area contributed by atoms with Crippen LogP contribution in [0.4, 0.5) is 4.79 Å². The van der Waals surface area contributed by atoms with E-state index in [9.17, 15) is 14.4 Å². The maximum atomic E-state index is 12.2. The molecule has 1 N–H and O–H groups in total. The van der Waals surface area contributed by atoms with Gasteiger partial charge in [-0.05, 0) is 45.6 Å². The Labute approximate surface area is 149 Å². The molecule has 1 heterocycles. The fourth-order valence-corrected chi connectivity index (χ4v) is 2.53. The number of carbonyl (C=O) groups excluding carboxylic acids is 3. The molecule has 0 aromatic carbocycles. The lowest BCUT2D eigenvalue weighted by Crippen LogP contribution is -2.50. The van der Waals surface area contributed by atoms with Gasteiger partial charge in [-0.2, -0.15) is 0 Å². The standard InChI is InChI=1S/C18H29N3O4/c1-18(2,3)25-17(24)19-9-8-16(23)21-12-10-20(11-13-21)15(22)7-6-14-4-5-14/h6-7,14H,4-5,8-13H2,1-3H3,(H,19,24)/b7-6+. The summed E-state index contributed by atoms with van der Waals surface area (Å²) in [4.78, 5) is 39.3. The van der Waals surface area contributed by atoms with Crippen molar-refractivity contribution in [2.75, 3.05) is 32.7 Å². The molecule has 1 saturated carbocycles. The highest BCUT2D eigenvalue weighted by Crippen LogP contribution is 2.30. The van der Waals surface area contributed by atoms with Gasteiger partial charge in [-0.1, -0.05) is 6.08 Å². The van der Waals surface area contributed by atoms with Gasteiger partial charge in [-0.15, -0.1) is 0 Å². The molecular weight excluding hydrogens is 322 g/mol. The molecule has 2 rings (SSSR count). The predicted octanol–water partition coefficient (Wildman–Crippen LogP) is 1.54. The molecule has 140 valence electrons. The SMILES string of the molecule is CC(C)(C)OC(=O)NCCC(=O)N1CCN(C(=O)/C=C/C2CC2)CC1. The van der Waals surface area contributed by atoms with Crippen LogP contribution in [0.1, 0.15) is 40.0 Å². The van der Waals surface area contributed by atoms with Crippen LogP contribution in [0.2, 0.25) is 0 Å². The Morgan fingerprint density at radius 2 is 1.68 bits per heavy atom. The summed E-state index contributed by atoms with van der Waals surface area (Å²) < 4.78 is 5.12. The molecule has 3 amide bonds. The summed E-state index contributed by atoms with van der Waals surface area (Å²) in [6.07, 6.45) is 5.74. The summed E-state index contributed by atoms with van der Waals surface area (Å²) >= 11 is 0. The Balaban J connectivity index is 1.63. The van der Waals surface area contributed by atoms with E-state index in [1.54, 1.807) is 36.6 Å². The zero-order valence-electron chi connectivity index (χ0n) is 15.4. The molecule has 25 heavy (non-hydrogen) atoms. The lowest BCUT2D eigenvalue weighted by atomic mass is 10.2. The molecule has 7 heteroatoms. The summed E-state index contributed by atoms with van der Waals surface area (Å²) in [5.41, 5.74) is -0.551. The maximum absolute atomic E-state index is 12.2. The molecule has 1 aliphatic carbocycles. The third-order valence-electron chi connectivity index (χ3n) is 4.08. The molecule has 0 radical (unpaired) electrons. The highest BCUT2D eigenvalue weighted by molar-refractivity contribution is 5.88. The van der Waals surface area contributed by atoms with Crippen molar-refractivity contribution in [3.63, 3.8) is 0 Å². The largest absolute Gasteiger partial charge is 0.444 e. The van der Waals surface area contributed by atoms with Gasteiger partial charge in [0.1, 0.15) is 5.60 Å². The maximum Gasteiger partial charge on any atom is 0.407 e. The topological polar surface area (TPSA) is 79.0 Å². The van der Waals surface area contributed by atoms with Crippen LogP contribution in [0.25, 0.3) is 0 Å². The van der Waals surface area contributed by atoms with Crippen LogP contribution in [0.15, 0.2) is 12.2 Å². The van der Waals surface area contributed by atoms with Crippen LogP contribution in [0.3, 0.4) is 0 Å².